The van der Waals surface area contributed by atoms with Crippen LogP contribution in [0.3, 0.4) is 0 Å². The SMILES string of the molecule is NCC1(C2C=Cc3ccc(O)c(O)c3C2)CCCCC1. The Labute approximate surface area is 120 Å². The predicted molar refractivity (Wildman–Crippen MR) is 80.6 cm³/mol. The Morgan fingerprint density at radius 1 is 1.15 bits per heavy atom. The van der Waals surface area contributed by atoms with E-state index in [1.54, 1.807) is 6.07 Å². The van der Waals surface area contributed by atoms with E-state index in [9.17, 15) is 10.2 Å². The predicted octanol–water partition coefficient (Wildman–Crippen LogP) is 3.19. The van der Waals surface area contributed by atoms with Crippen LogP contribution in [-0.4, -0.2) is 16.8 Å². The molecule has 1 fully saturated rings. The van der Waals surface area contributed by atoms with Crippen LogP contribution < -0.4 is 5.73 Å². The van der Waals surface area contributed by atoms with Crippen LogP contribution >= 0.6 is 0 Å². The van der Waals surface area contributed by atoms with E-state index < -0.39 is 0 Å². The molecule has 1 saturated carbocycles. The van der Waals surface area contributed by atoms with Crippen molar-refractivity contribution >= 4 is 6.08 Å². The lowest BCUT2D eigenvalue weighted by atomic mass is 9.63. The molecule has 1 atom stereocenters. The van der Waals surface area contributed by atoms with Crippen LogP contribution in [0.4, 0.5) is 0 Å². The quantitative estimate of drug-likeness (QED) is 0.725. The van der Waals surface area contributed by atoms with E-state index in [1.807, 2.05) is 6.07 Å². The van der Waals surface area contributed by atoms with Crippen molar-refractivity contribution in [3.05, 3.63) is 29.3 Å². The second kappa shape index (κ2) is 5.13. The maximum atomic E-state index is 10.1. The molecule has 0 heterocycles. The highest BCUT2D eigenvalue weighted by molar-refractivity contribution is 5.64. The first-order chi connectivity index (χ1) is 9.66. The third kappa shape index (κ3) is 2.10. The average molecular weight is 273 g/mol. The van der Waals surface area contributed by atoms with Crippen LogP contribution in [0.15, 0.2) is 18.2 Å². The van der Waals surface area contributed by atoms with Gasteiger partial charge >= 0.3 is 0 Å². The average Bonchev–Trinajstić information content (AvgIpc) is 2.51. The minimum absolute atomic E-state index is 0.0248. The largest absolute Gasteiger partial charge is 0.504 e. The minimum Gasteiger partial charge on any atom is -0.504 e. The Morgan fingerprint density at radius 3 is 2.60 bits per heavy atom. The first-order valence-corrected chi connectivity index (χ1v) is 7.58. The first-order valence-electron chi connectivity index (χ1n) is 7.58. The molecule has 4 N–H and O–H groups in total. The lowest BCUT2D eigenvalue weighted by molar-refractivity contribution is 0.133. The van der Waals surface area contributed by atoms with Gasteiger partial charge in [-0.1, -0.05) is 37.5 Å². The zero-order valence-electron chi connectivity index (χ0n) is 11.8. The zero-order valence-corrected chi connectivity index (χ0v) is 11.8. The van der Waals surface area contributed by atoms with Crippen molar-refractivity contribution in [1.82, 2.24) is 0 Å². The topological polar surface area (TPSA) is 66.5 Å². The number of benzene rings is 1. The van der Waals surface area contributed by atoms with Crippen molar-refractivity contribution in [3.63, 3.8) is 0 Å². The van der Waals surface area contributed by atoms with Gasteiger partial charge in [0, 0.05) is 5.56 Å². The van der Waals surface area contributed by atoms with Gasteiger partial charge in [-0.2, -0.15) is 0 Å². The molecule has 2 aliphatic carbocycles. The van der Waals surface area contributed by atoms with E-state index in [4.69, 9.17) is 5.73 Å². The van der Waals surface area contributed by atoms with Crippen LogP contribution in [0.5, 0.6) is 11.5 Å². The highest BCUT2D eigenvalue weighted by atomic mass is 16.3. The van der Waals surface area contributed by atoms with E-state index in [2.05, 4.69) is 12.2 Å². The standard InChI is InChI=1S/C17H23NO2/c18-11-17(8-2-1-3-9-17)13-6-4-12-5-7-15(19)16(20)14(12)10-13/h4-7,13,19-20H,1-3,8-11,18H2. The molecule has 1 aromatic rings. The van der Waals surface area contributed by atoms with Crippen LogP contribution in [0.2, 0.25) is 0 Å². The summed E-state index contributed by atoms with van der Waals surface area (Å²) in [6.07, 6.45) is 11.3. The Hall–Kier alpha value is -1.48. The molecular formula is C17H23NO2. The molecule has 0 saturated heterocycles. The third-order valence-corrected chi connectivity index (χ3v) is 5.27. The normalized spacial score (nSPS) is 24.4. The maximum absolute atomic E-state index is 10.1. The summed E-state index contributed by atoms with van der Waals surface area (Å²) in [6, 6.07) is 3.42. The minimum atomic E-state index is -0.0248. The number of allylic oxidation sites excluding steroid dienone is 1. The van der Waals surface area contributed by atoms with Crippen LogP contribution in [0, 0.1) is 11.3 Å². The molecule has 0 aliphatic heterocycles. The van der Waals surface area contributed by atoms with Gasteiger partial charge in [0.05, 0.1) is 0 Å². The number of nitrogens with two attached hydrogens (primary N) is 1. The van der Waals surface area contributed by atoms with E-state index in [-0.39, 0.29) is 16.9 Å². The van der Waals surface area contributed by atoms with Crippen molar-refractivity contribution < 1.29 is 10.2 Å². The summed E-state index contributed by atoms with van der Waals surface area (Å²) in [5, 5.41) is 19.8. The molecule has 3 nitrogen and oxygen atoms in total. The highest BCUT2D eigenvalue weighted by Gasteiger charge is 2.39. The molecule has 0 spiro atoms. The summed E-state index contributed by atoms with van der Waals surface area (Å²) in [5.41, 5.74) is 8.17. The lowest BCUT2D eigenvalue weighted by Crippen LogP contribution is -2.40. The summed E-state index contributed by atoms with van der Waals surface area (Å²) in [5.74, 6) is 0.385. The monoisotopic (exact) mass is 273 g/mol. The number of aromatic hydroxyl groups is 2. The van der Waals surface area contributed by atoms with Crippen molar-refractivity contribution in [2.75, 3.05) is 6.54 Å². The Balaban J connectivity index is 1.93. The van der Waals surface area contributed by atoms with Gasteiger partial charge in [0.2, 0.25) is 0 Å². The van der Waals surface area contributed by atoms with E-state index in [0.717, 1.165) is 17.5 Å². The highest BCUT2D eigenvalue weighted by Crippen LogP contribution is 2.47. The molecule has 20 heavy (non-hydrogen) atoms. The van der Waals surface area contributed by atoms with Gasteiger partial charge in [0.15, 0.2) is 11.5 Å². The summed E-state index contributed by atoms with van der Waals surface area (Å²) in [7, 11) is 0. The molecule has 0 bridgehead atoms. The second-order valence-electron chi connectivity index (χ2n) is 6.30. The van der Waals surface area contributed by atoms with Crippen molar-refractivity contribution in [1.29, 1.82) is 0 Å². The van der Waals surface area contributed by atoms with Gasteiger partial charge in [0.25, 0.3) is 0 Å². The van der Waals surface area contributed by atoms with Gasteiger partial charge in [-0.3, -0.25) is 0 Å². The molecule has 108 valence electrons. The molecule has 3 heteroatoms. The van der Waals surface area contributed by atoms with Crippen LogP contribution in [-0.2, 0) is 6.42 Å². The molecule has 3 rings (SSSR count). The van der Waals surface area contributed by atoms with Gasteiger partial charge in [-0.25, -0.2) is 0 Å². The number of fused-ring (bicyclic) bond motifs is 1. The second-order valence-corrected chi connectivity index (χ2v) is 6.30. The summed E-state index contributed by atoms with van der Waals surface area (Å²) < 4.78 is 0. The van der Waals surface area contributed by atoms with Crippen LogP contribution in [0.1, 0.15) is 43.2 Å². The number of hydrogen-bond acceptors (Lipinski definition) is 3. The Bertz CT molecular complexity index is 530. The van der Waals surface area contributed by atoms with Crippen molar-refractivity contribution in [2.45, 2.75) is 38.5 Å². The van der Waals surface area contributed by atoms with Gasteiger partial charge in [-0.15, -0.1) is 0 Å². The molecule has 2 aliphatic rings. The fourth-order valence-electron chi connectivity index (χ4n) is 3.92. The van der Waals surface area contributed by atoms with E-state index in [1.165, 1.54) is 32.1 Å². The zero-order chi connectivity index (χ0) is 14.2. The van der Waals surface area contributed by atoms with Crippen LogP contribution in [0.25, 0.3) is 6.08 Å². The summed E-state index contributed by atoms with van der Waals surface area (Å²) in [4.78, 5) is 0. The smallest absolute Gasteiger partial charge is 0.161 e. The first kappa shape index (κ1) is 13.5. The molecule has 1 unspecified atom stereocenters. The molecule has 0 amide bonds. The number of phenolic OH excluding ortho intramolecular Hbond substituents is 2. The maximum Gasteiger partial charge on any atom is 0.161 e. The van der Waals surface area contributed by atoms with Gasteiger partial charge < -0.3 is 15.9 Å². The summed E-state index contributed by atoms with van der Waals surface area (Å²) >= 11 is 0. The third-order valence-electron chi connectivity index (χ3n) is 5.27. The van der Waals surface area contributed by atoms with E-state index in [0.29, 0.717) is 12.5 Å². The summed E-state index contributed by atoms with van der Waals surface area (Å²) in [6.45, 7) is 0.705. The van der Waals surface area contributed by atoms with Gasteiger partial charge in [0.1, 0.15) is 0 Å². The fourth-order valence-corrected chi connectivity index (χ4v) is 3.92. The van der Waals surface area contributed by atoms with Gasteiger partial charge in [-0.05, 0) is 48.8 Å². The number of rotatable bonds is 2. The van der Waals surface area contributed by atoms with Crippen molar-refractivity contribution in [3.8, 4) is 11.5 Å². The molecule has 1 aromatic carbocycles. The van der Waals surface area contributed by atoms with Crippen molar-refractivity contribution in [2.24, 2.45) is 17.1 Å². The Morgan fingerprint density at radius 2 is 1.90 bits per heavy atom. The molecule has 0 aromatic heterocycles. The number of phenols is 2. The molecule has 0 radical (unpaired) electrons. The fraction of sp³-hybridized carbons (Fsp3) is 0.529. The number of hydrogen-bond donors (Lipinski definition) is 3. The Kier molecular flexibility index (Phi) is 3.47. The molecular weight excluding hydrogens is 250 g/mol. The van der Waals surface area contributed by atoms with E-state index >= 15 is 0 Å². The lowest BCUT2D eigenvalue weighted by Gasteiger charge is -2.43.